The van der Waals surface area contributed by atoms with Gasteiger partial charge in [-0.1, -0.05) is 5.16 Å². The van der Waals surface area contributed by atoms with Gasteiger partial charge in [-0.15, -0.1) is 0 Å². The summed E-state index contributed by atoms with van der Waals surface area (Å²) in [6.45, 7) is 5.42. The van der Waals surface area contributed by atoms with Crippen LogP contribution in [0.1, 0.15) is 12.1 Å². The number of morpholine rings is 1. The Morgan fingerprint density at radius 2 is 2.19 bits per heavy atom. The van der Waals surface area contributed by atoms with E-state index >= 15 is 0 Å². The lowest BCUT2D eigenvalue weighted by Crippen LogP contribution is -2.44. The largest absolute Gasteiger partial charge is 0.409 e. The molecule has 0 radical (unpaired) electrons. The summed E-state index contributed by atoms with van der Waals surface area (Å²) >= 11 is 0. The second-order valence-electron chi connectivity index (χ2n) is 5.26. The van der Waals surface area contributed by atoms with E-state index in [2.05, 4.69) is 24.9 Å². The van der Waals surface area contributed by atoms with Crippen molar-refractivity contribution < 1.29 is 9.94 Å². The molecule has 1 unspecified atom stereocenters. The first-order valence-electron chi connectivity index (χ1n) is 7.15. The van der Waals surface area contributed by atoms with Crippen LogP contribution in [0.3, 0.4) is 0 Å². The molecule has 1 aromatic rings. The Labute approximate surface area is 123 Å². The number of anilines is 1. The molecule has 1 atom stereocenters. The molecule has 21 heavy (non-hydrogen) atoms. The Hall–Kier alpha value is -1.93. The van der Waals surface area contributed by atoms with Crippen LogP contribution >= 0.6 is 0 Å². The van der Waals surface area contributed by atoms with Gasteiger partial charge in [0.1, 0.15) is 5.69 Å². The maximum atomic E-state index is 8.73. The predicted octanol–water partition coefficient (Wildman–Crippen LogP) is -0.518. The molecule has 2 saturated heterocycles. The molecule has 3 N–H and O–H groups in total. The Kier molecular flexibility index (Phi) is 4.16. The summed E-state index contributed by atoms with van der Waals surface area (Å²) < 4.78 is 5.39. The van der Waals surface area contributed by atoms with E-state index in [1.165, 1.54) is 0 Å². The number of aromatic nitrogens is 2. The maximum absolute atomic E-state index is 8.73. The van der Waals surface area contributed by atoms with E-state index in [-0.39, 0.29) is 5.84 Å². The summed E-state index contributed by atoms with van der Waals surface area (Å²) in [5, 5.41) is 11.7. The Bertz CT molecular complexity index is 517. The molecule has 1 aromatic heterocycles. The monoisotopic (exact) mass is 292 g/mol. The smallest absolute Gasteiger partial charge is 0.226 e. The van der Waals surface area contributed by atoms with Crippen LogP contribution in [0.25, 0.3) is 0 Å². The van der Waals surface area contributed by atoms with Crippen molar-refractivity contribution in [3.8, 4) is 0 Å². The first-order valence-corrected chi connectivity index (χ1v) is 7.15. The summed E-state index contributed by atoms with van der Waals surface area (Å²) in [6, 6.07) is 2.15. The average Bonchev–Trinajstić information content (AvgIpc) is 3.05. The van der Waals surface area contributed by atoms with E-state index < -0.39 is 0 Å². The van der Waals surface area contributed by atoms with Gasteiger partial charge in [-0.05, 0) is 12.5 Å². The molecule has 2 aliphatic rings. The third-order valence-corrected chi connectivity index (χ3v) is 4.02. The highest BCUT2D eigenvalue weighted by Crippen LogP contribution is 2.20. The molecule has 0 spiro atoms. The minimum Gasteiger partial charge on any atom is -0.409 e. The number of hydrogen-bond donors (Lipinski definition) is 2. The second kappa shape index (κ2) is 6.23. The standard InChI is InChI=1S/C13H20N6O2/c14-12(17-20)11-1-3-15-13(16-11)19-4-2-10(9-19)18-5-7-21-8-6-18/h1,3,10,20H,2,4-9H2,(H2,14,17). The number of ether oxygens (including phenoxy) is 1. The van der Waals surface area contributed by atoms with Crippen molar-refractivity contribution in [2.75, 3.05) is 44.3 Å². The third kappa shape index (κ3) is 3.06. The van der Waals surface area contributed by atoms with Gasteiger partial charge in [-0.3, -0.25) is 4.90 Å². The van der Waals surface area contributed by atoms with Crippen molar-refractivity contribution in [3.63, 3.8) is 0 Å². The topological polar surface area (TPSA) is 100 Å². The number of nitrogens with two attached hydrogens (primary N) is 1. The van der Waals surface area contributed by atoms with Crippen LogP contribution in [-0.2, 0) is 4.74 Å². The second-order valence-corrected chi connectivity index (χ2v) is 5.26. The number of nitrogens with zero attached hydrogens (tertiary/aromatic N) is 5. The van der Waals surface area contributed by atoms with Gasteiger partial charge < -0.3 is 20.6 Å². The highest BCUT2D eigenvalue weighted by atomic mass is 16.5. The summed E-state index contributed by atoms with van der Waals surface area (Å²) in [5.74, 6) is 0.637. The summed E-state index contributed by atoms with van der Waals surface area (Å²) in [5.41, 5.74) is 6.02. The molecule has 0 aliphatic carbocycles. The summed E-state index contributed by atoms with van der Waals surface area (Å²) in [4.78, 5) is 13.3. The molecular formula is C13H20N6O2. The van der Waals surface area contributed by atoms with E-state index in [4.69, 9.17) is 15.7 Å². The molecule has 8 heteroatoms. The Balaban J connectivity index is 1.68. The van der Waals surface area contributed by atoms with Gasteiger partial charge in [0.25, 0.3) is 0 Å². The van der Waals surface area contributed by atoms with Crippen LogP contribution in [0, 0.1) is 0 Å². The lowest BCUT2D eigenvalue weighted by atomic mass is 10.2. The van der Waals surface area contributed by atoms with E-state index in [1.54, 1.807) is 12.3 Å². The predicted molar refractivity (Wildman–Crippen MR) is 77.6 cm³/mol. The third-order valence-electron chi connectivity index (χ3n) is 4.02. The molecule has 8 nitrogen and oxygen atoms in total. The first-order chi connectivity index (χ1) is 10.3. The minimum absolute atomic E-state index is 0.00239. The van der Waals surface area contributed by atoms with Crippen molar-refractivity contribution >= 4 is 11.8 Å². The molecule has 0 bridgehead atoms. The Morgan fingerprint density at radius 3 is 2.95 bits per heavy atom. The zero-order chi connectivity index (χ0) is 14.7. The van der Waals surface area contributed by atoms with Crippen molar-refractivity contribution in [3.05, 3.63) is 18.0 Å². The molecule has 2 aliphatic heterocycles. The summed E-state index contributed by atoms with van der Waals surface area (Å²) in [7, 11) is 0. The van der Waals surface area contributed by atoms with Gasteiger partial charge in [-0.25, -0.2) is 9.97 Å². The molecule has 0 saturated carbocycles. The van der Waals surface area contributed by atoms with Crippen LogP contribution in [0.2, 0.25) is 0 Å². The number of rotatable bonds is 3. The molecule has 0 amide bonds. The van der Waals surface area contributed by atoms with E-state index in [0.717, 1.165) is 45.8 Å². The van der Waals surface area contributed by atoms with E-state index in [0.29, 0.717) is 17.7 Å². The van der Waals surface area contributed by atoms with E-state index in [9.17, 15) is 0 Å². The van der Waals surface area contributed by atoms with Crippen LogP contribution in [0.4, 0.5) is 5.95 Å². The maximum Gasteiger partial charge on any atom is 0.226 e. The van der Waals surface area contributed by atoms with Gasteiger partial charge in [0.15, 0.2) is 5.84 Å². The molecule has 114 valence electrons. The van der Waals surface area contributed by atoms with Gasteiger partial charge in [-0.2, -0.15) is 0 Å². The average molecular weight is 292 g/mol. The number of oxime groups is 1. The van der Waals surface area contributed by atoms with Crippen LogP contribution in [-0.4, -0.2) is 71.3 Å². The fourth-order valence-electron chi connectivity index (χ4n) is 2.86. The first kappa shape index (κ1) is 14.0. The lowest BCUT2D eigenvalue weighted by Gasteiger charge is -2.32. The highest BCUT2D eigenvalue weighted by molar-refractivity contribution is 5.95. The van der Waals surface area contributed by atoms with Crippen molar-refractivity contribution in [2.24, 2.45) is 10.9 Å². The fourth-order valence-corrected chi connectivity index (χ4v) is 2.86. The number of hydrogen-bond acceptors (Lipinski definition) is 7. The van der Waals surface area contributed by atoms with Gasteiger partial charge in [0.2, 0.25) is 5.95 Å². The molecule has 2 fully saturated rings. The number of amidine groups is 1. The molecule has 3 rings (SSSR count). The highest BCUT2D eigenvalue weighted by Gasteiger charge is 2.30. The fraction of sp³-hybridized carbons (Fsp3) is 0.615. The van der Waals surface area contributed by atoms with Gasteiger partial charge in [0, 0.05) is 38.4 Å². The zero-order valence-electron chi connectivity index (χ0n) is 11.9. The van der Waals surface area contributed by atoms with Gasteiger partial charge >= 0.3 is 0 Å². The van der Waals surface area contributed by atoms with Crippen LogP contribution in [0.15, 0.2) is 17.4 Å². The SMILES string of the molecule is N/C(=N/O)c1ccnc(N2CCC(N3CCOCC3)C2)n1. The zero-order valence-corrected chi connectivity index (χ0v) is 11.9. The minimum atomic E-state index is 0.00239. The van der Waals surface area contributed by atoms with Crippen molar-refractivity contribution in [1.82, 2.24) is 14.9 Å². The van der Waals surface area contributed by atoms with Crippen LogP contribution < -0.4 is 10.6 Å². The van der Waals surface area contributed by atoms with Crippen molar-refractivity contribution in [1.29, 1.82) is 0 Å². The molecular weight excluding hydrogens is 272 g/mol. The van der Waals surface area contributed by atoms with Gasteiger partial charge in [0.05, 0.1) is 13.2 Å². The quantitative estimate of drug-likeness (QED) is 0.335. The normalized spacial score (nSPS) is 24.5. The van der Waals surface area contributed by atoms with E-state index in [1.807, 2.05) is 0 Å². The summed E-state index contributed by atoms with van der Waals surface area (Å²) in [6.07, 6.45) is 2.73. The molecule has 0 aromatic carbocycles. The Morgan fingerprint density at radius 1 is 1.38 bits per heavy atom. The van der Waals surface area contributed by atoms with Crippen LogP contribution in [0.5, 0.6) is 0 Å². The lowest BCUT2D eigenvalue weighted by molar-refractivity contribution is 0.0209. The molecule has 3 heterocycles. The van der Waals surface area contributed by atoms with Crippen molar-refractivity contribution in [2.45, 2.75) is 12.5 Å².